The summed E-state index contributed by atoms with van der Waals surface area (Å²) in [4.78, 5) is 31.5. The Bertz CT molecular complexity index is 1290. The first kappa shape index (κ1) is 20.1. The maximum Gasteiger partial charge on any atom is 0.254 e. The van der Waals surface area contributed by atoms with E-state index in [0.29, 0.717) is 33.8 Å². The number of hydrazone groups is 1. The fraction of sp³-hybridized carbons (Fsp3) is 0.318. The summed E-state index contributed by atoms with van der Waals surface area (Å²) in [5.41, 5.74) is 5.42. The molecular weight excluding hydrogens is 408 g/mol. The van der Waals surface area contributed by atoms with Crippen LogP contribution in [0, 0.1) is 6.92 Å². The van der Waals surface area contributed by atoms with Crippen LogP contribution in [0.15, 0.2) is 29.9 Å². The third-order valence-corrected chi connectivity index (χ3v) is 5.70. The van der Waals surface area contributed by atoms with Gasteiger partial charge in [-0.2, -0.15) is 5.10 Å². The molecule has 164 valence electrons. The van der Waals surface area contributed by atoms with Crippen molar-refractivity contribution in [3.63, 3.8) is 0 Å². The molecule has 0 bridgehead atoms. The van der Waals surface area contributed by atoms with Gasteiger partial charge in [0.2, 0.25) is 0 Å². The van der Waals surface area contributed by atoms with Crippen LogP contribution in [0.2, 0.25) is 0 Å². The van der Waals surface area contributed by atoms with Crippen molar-refractivity contribution >= 4 is 24.0 Å². The number of aromatic nitrogens is 5. The molecule has 0 saturated heterocycles. The summed E-state index contributed by atoms with van der Waals surface area (Å²) in [5, 5.41) is 19.8. The number of H-pyrrole nitrogens is 2. The van der Waals surface area contributed by atoms with Gasteiger partial charge in [-0.3, -0.25) is 14.8 Å². The Morgan fingerprint density at radius 1 is 1.25 bits per heavy atom. The average Bonchev–Trinajstić information content (AvgIpc) is 3.14. The van der Waals surface area contributed by atoms with Crippen molar-refractivity contribution in [2.45, 2.75) is 38.1 Å². The lowest BCUT2D eigenvalue weighted by Gasteiger charge is -2.06. The number of imidazole rings is 1. The molecule has 5 rings (SSSR count). The first-order chi connectivity index (χ1) is 15.6. The van der Waals surface area contributed by atoms with Crippen LogP contribution in [0.3, 0.4) is 0 Å². The van der Waals surface area contributed by atoms with Gasteiger partial charge in [0.25, 0.3) is 5.91 Å². The second-order valence-corrected chi connectivity index (χ2v) is 7.99. The standard InChI is InChI=1S/C22H24N8O2/c1-12-14(4-5-23-13-2-3-13)18(20(31)21-26-8-9-27-21)16(29-12)10-17-19(25-7-6-24-17)15-11-28-30-22(15)32/h6-11,13,15,23,29,31H,2-5H2,1H3,(H,26,27)(H,30,32). The predicted molar refractivity (Wildman–Crippen MR) is 118 cm³/mol. The van der Waals surface area contributed by atoms with Crippen LogP contribution in [-0.2, 0) is 11.2 Å². The number of aromatic amines is 2. The Labute approximate surface area is 183 Å². The quantitative estimate of drug-likeness (QED) is 0.352. The van der Waals surface area contributed by atoms with Crippen molar-refractivity contribution in [1.82, 2.24) is 35.7 Å². The van der Waals surface area contributed by atoms with Crippen LogP contribution in [-0.4, -0.2) is 54.7 Å². The highest BCUT2D eigenvalue weighted by atomic mass is 16.3. The van der Waals surface area contributed by atoms with Crippen molar-refractivity contribution in [3.05, 3.63) is 63.8 Å². The lowest BCUT2D eigenvalue weighted by atomic mass is 10.0. The van der Waals surface area contributed by atoms with E-state index in [0.717, 1.165) is 24.2 Å². The van der Waals surface area contributed by atoms with E-state index in [1.165, 1.54) is 19.1 Å². The number of carbonyl (C=O) groups is 1. The van der Waals surface area contributed by atoms with Crippen molar-refractivity contribution in [1.29, 1.82) is 0 Å². The minimum absolute atomic E-state index is 0.0534. The zero-order valence-corrected chi connectivity index (χ0v) is 17.6. The number of hydrogen-bond donors (Lipinski definition) is 5. The molecule has 10 nitrogen and oxygen atoms in total. The van der Waals surface area contributed by atoms with Gasteiger partial charge in [0.1, 0.15) is 5.92 Å². The fourth-order valence-corrected chi connectivity index (χ4v) is 3.94. The topological polar surface area (TPSA) is 144 Å². The smallest absolute Gasteiger partial charge is 0.254 e. The lowest BCUT2D eigenvalue weighted by molar-refractivity contribution is -0.120. The summed E-state index contributed by atoms with van der Waals surface area (Å²) in [6, 6.07) is 0.604. The maximum absolute atomic E-state index is 12.2. The minimum Gasteiger partial charge on any atom is -0.504 e. The predicted octanol–water partition coefficient (Wildman–Crippen LogP) is -0.127. The molecule has 0 spiro atoms. The Balaban J connectivity index is 1.65. The Hall–Kier alpha value is -3.79. The molecule has 10 heteroatoms. The molecule has 1 amide bonds. The van der Waals surface area contributed by atoms with Gasteiger partial charge in [-0.25, -0.2) is 10.4 Å². The molecule has 32 heavy (non-hydrogen) atoms. The van der Waals surface area contributed by atoms with Crippen molar-refractivity contribution in [2.24, 2.45) is 5.10 Å². The fourth-order valence-electron chi connectivity index (χ4n) is 3.94. The molecule has 1 unspecified atom stereocenters. The van der Waals surface area contributed by atoms with Crippen molar-refractivity contribution < 1.29 is 9.90 Å². The van der Waals surface area contributed by atoms with Crippen LogP contribution < -0.4 is 21.3 Å². The van der Waals surface area contributed by atoms with Crippen LogP contribution >= 0.6 is 0 Å². The second-order valence-electron chi connectivity index (χ2n) is 7.99. The molecule has 5 N–H and O–H groups in total. The molecule has 1 atom stereocenters. The van der Waals surface area contributed by atoms with Gasteiger partial charge in [0, 0.05) is 48.0 Å². The second kappa shape index (κ2) is 8.39. The largest absolute Gasteiger partial charge is 0.504 e. The zero-order chi connectivity index (χ0) is 22.1. The molecule has 0 aromatic carbocycles. The molecule has 0 radical (unpaired) electrons. The van der Waals surface area contributed by atoms with E-state index in [1.54, 1.807) is 30.9 Å². The molecule has 2 aliphatic rings. The molecule has 1 aliphatic carbocycles. The summed E-state index contributed by atoms with van der Waals surface area (Å²) < 4.78 is 0. The number of rotatable bonds is 7. The van der Waals surface area contributed by atoms with Gasteiger partial charge in [-0.05, 0) is 44.4 Å². The molecule has 3 aromatic heterocycles. The normalized spacial score (nSPS) is 19.5. The Morgan fingerprint density at radius 3 is 2.81 bits per heavy atom. The van der Waals surface area contributed by atoms with Crippen LogP contribution in [0.25, 0.3) is 11.8 Å². The minimum atomic E-state index is -0.612. The first-order valence-electron chi connectivity index (χ1n) is 10.6. The summed E-state index contributed by atoms with van der Waals surface area (Å²) >= 11 is 0. The number of hydrogen-bond acceptors (Lipinski definition) is 7. The molecule has 4 heterocycles. The highest BCUT2D eigenvalue weighted by molar-refractivity contribution is 6.02. The van der Waals surface area contributed by atoms with Crippen molar-refractivity contribution in [3.8, 4) is 0 Å². The SMILES string of the molecule is Cc1[nH]c(=Cc2nccnc2C2C=NNC2=O)c(=C(O)c2ncc[nH]2)c1CCNC1CC1. The number of aryl methyl sites for hydroxylation is 1. The van der Waals surface area contributed by atoms with Gasteiger partial charge >= 0.3 is 0 Å². The van der Waals surface area contributed by atoms with Gasteiger partial charge in [-0.1, -0.05) is 0 Å². The summed E-state index contributed by atoms with van der Waals surface area (Å²) in [5.74, 6) is -0.423. The van der Waals surface area contributed by atoms with Gasteiger partial charge in [0.05, 0.1) is 16.7 Å². The van der Waals surface area contributed by atoms with E-state index in [1.807, 2.05) is 6.92 Å². The van der Waals surface area contributed by atoms with Gasteiger partial charge in [-0.15, -0.1) is 0 Å². The van der Waals surface area contributed by atoms with E-state index >= 15 is 0 Å². The first-order valence-corrected chi connectivity index (χ1v) is 10.6. The third kappa shape index (κ3) is 3.92. The highest BCUT2D eigenvalue weighted by Gasteiger charge is 2.27. The van der Waals surface area contributed by atoms with Crippen LogP contribution in [0.1, 0.15) is 47.2 Å². The van der Waals surface area contributed by atoms with E-state index in [2.05, 4.69) is 40.8 Å². The van der Waals surface area contributed by atoms with E-state index in [4.69, 9.17) is 0 Å². The lowest BCUT2D eigenvalue weighted by Crippen LogP contribution is -2.31. The monoisotopic (exact) mass is 432 g/mol. The molecule has 1 saturated carbocycles. The Kier molecular flexibility index (Phi) is 5.28. The number of nitrogens with one attached hydrogen (secondary N) is 4. The molecule has 1 aliphatic heterocycles. The molecule has 1 fully saturated rings. The maximum atomic E-state index is 12.2. The summed E-state index contributed by atoms with van der Waals surface area (Å²) in [6.45, 7) is 2.80. The number of carbonyl (C=O) groups excluding carboxylic acids is 1. The number of nitrogens with zero attached hydrogens (tertiary/aromatic N) is 4. The van der Waals surface area contributed by atoms with E-state index in [-0.39, 0.29) is 11.7 Å². The van der Waals surface area contributed by atoms with Crippen LogP contribution in [0.4, 0.5) is 0 Å². The van der Waals surface area contributed by atoms with E-state index in [9.17, 15) is 9.90 Å². The van der Waals surface area contributed by atoms with Gasteiger partial charge < -0.3 is 20.4 Å². The number of aliphatic hydroxyl groups excluding tert-OH is 1. The molecule has 3 aromatic rings. The highest BCUT2D eigenvalue weighted by Crippen LogP contribution is 2.19. The third-order valence-electron chi connectivity index (χ3n) is 5.70. The summed E-state index contributed by atoms with van der Waals surface area (Å²) in [7, 11) is 0. The molecular formula is C22H24N8O2. The van der Waals surface area contributed by atoms with E-state index < -0.39 is 5.92 Å². The average molecular weight is 432 g/mol. The zero-order valence-electron chi connectivity index (χ0n) is 17.6. The van der Waals surface area contributed by atoms with Crippen LogP contribution in [0.5, 0.6) is 0 Å². The van der Waals surface area contributed by atoms with Gasteiger partial charge in [0.15, 0.2) is 11.6 Å². The number of amides is 1. The summed E-state index contributed by atoms with van der Waals surface area (Å²) in [6.07, 6.45) is 12.9. The number of aliphatic hydroxyl groups is 1. The van der Waals surface area contributed by atoms with Crippen molar-refractivity contribution in [2.75, 3.05) is 6.54 Å². The Morgan fingerprint density at radius 2 is 2.09 bits per heavy atom.